The SMILES string of the molecule is CCCCCN(C(=O)C(CC(N)=O)NC(=O)OC(C)(C)C)C(C(=O)Nc1c(C)cccc1Cl)c1ccc(O)cc1. The lowest BCUT2D eigenvalue weighted by Crippen LogP contribution is -2.53. The number of hydrogen-bond donors (Lipinski definition) is 4. The largest absolute Gasteiger partial charge is 0.508 e. The summed E-state index contributed by atoms with van der Waals surface area (Å²) in [6.45, 7) is 8.91. The van der Waals surface area contributed by atoms with Crippen LogP contribution < -0.4 is 16.4 Å². The fourth-order valence-corrected chi connectivity index (χ4v) is 4.33. The molecule has 10 nitrogen and oxygen atoms in total. The van der Waals surface area contributed by atoms with Crippen molar-refractivity contribution in [3.63, 3.8) is 0 Å². The molecule has 40 heavy (non-hydrogen) atoms. The number of halogens is 1. The van der Waals surface area contributed by atoms with E-state index in [-0.39, 0.29) is 12.3 Å². The summed E-state index contributed by atoms with van der Waals surface area (Å²) in [4.78, 5) is 53.8. The number of unbranched alkanes of at least 4 members (excludes halogenated alkanes) is 2. The Bertz CT molecular complexity index is 1180. The first-order valence-corrected chi connectivity index (χ1v) is 13.5. The molecule has 5 N–H and O–H groups in total. The molecule has 0 aromatic heterocycles. The van der Waals surface area contributed by atoms with Crippen LogP contribution in [0.2, 0.25) is 5.02 Å². The summed E-state index contributed by atoms with van der Waals surface area (Å²) in [5, 5.41) is 15.5. The molecular weight excluding hydrogens is 536 g/mol. The number of nitrogens with one attached hydrogen (secondary N) is 2. The van der Waals surface area contributed by atoms with Crippen molar-refractivity contribution >= 4 is 41.1 Å². The van der Waals surface area contributed by atoms with Gasteiger partial charge in [0.2, 0.25) is 11.8 Å². The molecule has 0 bridgehead atoms. The van der Waals surface area contributed by atoms with E-state index in [1.54, 1.807) is 45.9 Å². The van der Waals surface area contributed by atoms with Crippen LogP contribution in [0.1, 0.15) is 70.5 Å². The van der Waals surface area contributed by atoms with Gasteiger partial charge in [-0.1, -0.05) is 55.6 Å². The Kier molecular flexibility index (Phi) is 11.8. The van der Waals surface area contributed by atoms with Crippen LogP contribution in [0.3, 0.4) is 0 Å². The van der Waals surface area contributed by atoms with Gasteiger partial charge in [-0.2, -0.15) is 0 Å². The number of para-hydroxylation sites is 1. The Labute approximate surface area is 240 Å². The van der Waals surface area contributed by atoms with Crippen molar-refractivity contribution < 1.29 is 29.0 Å². The summed E-state index contributed by atoms with van der Waals surface area (Å²) in [7, 11) is 0. The number of carbonyl (C=O) groups excluding carboxylic acids is 4. The molecule has 0 aliphatic heterocycles. The van der Waals surface area contributed by atoms with Crippen molar-refractivity contribution in [3.8, 4) is 5.75 Å². The zero-order valence-corrected chi connectivity index (χ0v) is 24.4. The highest BCUT2D eigenvalue weighted by Gasteiger charge is 2.37. The number of aryl methyl sites for hydroxylation is 1. The van der Waals surface area contributed by atoms with Gasteiger partial charge in [-0.05, 0) is 63.4 Å². The van der Waals surface area contributed by atoms with Crippen molar-refractivity contribution in [2.75, 3.05) is 11.9 Å². The number of nitrogens with zero attached hydrogens (tertiary/aromatic N) is 1. The van der Waals surface area contributed by atoms with Crippen molar-refractivity contribution in [2.45, 2.75) is 78.0 Å². The lowest BCUT2D eigenvalue weighted by atomic mass is 10.0. The molecule has 0 heterocycles. The standard InChI is InChI=1S/C29H39ClN4O6/c1-6-7-8-16-34(27(38)22(17-23(31)36)32-28(39)40-29(3,4)5)25(19-12-14-20(35)15-13-19)26(37)33-24-18(2)10-9-11-21(24)30/h9-15,22,25,35H,6-8,16-17H2,1-5H3,(H2,31,36)(H,32,39)(H,33,37). The number of anilines is 1. The molecule has 0 aliphatic rings. The van der Waals surface area contributed by atoms with E-state index in [9.17, 15) is 24.3 Å². The van der Waals surface area contributed by atoms with Crippen molar-refractivity contribution in [1.29, 1.82) is 0 Å². The highest BCUT2D eigenvalue weighted by Crippen LogP contribution is 2.30. The maximum atomic E-state index is 14.0. The van der Waals surface area contributed by atoms with Crippen LogP contribution in [0.4, 0.5) is 10.5 Å². The van der Waals surface area contributed by atoms with Crippen LogP contribution in [0.5, 0.6) is 5.75 Å². The molecule has 11 heteroatoms. The lowest BCUT2D eigenvalue weighted by molar-refractivity contribution is -0.142. The van der Waals surface area contributed by atoms with Gasteiger partial charge in [-0.15, -0.1) is 0 Å². The fraction of sp³-hybridized carbons (Fsp3) is 0.448. The number of benzene rings is 2. The number of primary amides is 1. The second-order valence-electron chi connectivity index (χ2n) is 10.5. The average molecular weight is 575 g/mol. The average Bonchev–Trinajstić information content (AvgIpc) is 2.84. The Morgan fingerprint density at radius 3 is 2.27 bits per heavy atom. The Hall–Kier alpha value is -3.79. The number of aromatic hydroxyl groups is 1. The van der Waals surface area contributed by atoms with E-state index >= 15 is 0 Å². The normalized spacial score (nSPS) is 12.7. The molecule has 2 rings (SSSR count). The number of alkyl carbamates (subject to hydrolysis) is 1. The monoisotopic (exact) mass is 574 g/mol. The van der Waals surface area contributed by atoms with Gasteiger partial charge in [0.15, 0.2) is 0 Å². The fourth-order valence-electron chi connectivity index (χ4n) is 4.06. The number of phenols is 1. The second-order valence-corrected chi connectivity index (χ2v) is 10.9. The Morgan fingerprint density at radius 2 is 1.73 bits per heavy atom. The van der Waals surface area contributed by atoms with Crippen LogP contribution in [0.15, 0.2) is 42.5 Å². The van der Waals surface area contributed by atoms with E-state index in [1.165, 1.54) is 29.2 Å². The molecule has 2 aromatic rings. The minimum atomic E-state index is -1.39. The molecule has 218 valence electrons. The summed E-state index contributed by atoms with van der Waals surface area (Å²) in [5.41, 5.74) is 6.08. The van der Waals surface area contributed by atoms with Gasteiger partial charge in [-0.3, -0.25) is 14.4 Å². The topological polar surface area (TPSA) is 151 Å². The predicted octanol–water partition coefficient (Wildman–Crippen LogP) is 4.82. The molecular formula is C29H39ClN4O6. The first-order valence-electron chi connectivity index (χ1n) is 13.2. The number of phenolic OH excluding ortho intramolecular Hbond substituents is 1. The van der Waals surface area contributed by atoms with E-state index in [0.717, 1.165) is 12.8 Å². The van der Waals surface area contributed by atoms with E-state index in [0.29, 0.717) is 28.3 Å². The number of nitrogens with two attached hydrogens (primary N) is 1. The second kappa shape index (κ2) is 14.6. The quantitative estimate of drug-likeness (QED) is 0.267. The molecule has 0 saturated heterocycles. The van der Waals surface area contributed by atoms with Gasteiger partial charge < -0.3 is 31.1 Å². The molecule has 2 unspecified atom stereocenters. The summed E-state index contributed by atoms with van der Waals surface area (Å²) >= 11 is 6.37. The third-order valence-corrected chi connectivity index (χ3v) is 6.23. The van der Waals surface area contributed by atoms with Crippen molar-refractivity contribution in [3.05, 3.63) is 58.6 Å². The van der Waals surface area contributed by atoms with E-state index in [1.807, 2.05) is 6.92 Å². The minimum Gasteiger partial charge on any atom is -0.508 e. The number of carbonyl (C=O) groups is 4. The maximum Gasteiger partial charge on any atom is 0.408 e. The van der Waals surface area contributed by atoms with E-state index in [2.05, 4.69) is 10.6 Å². The lowest BCUT2D eigenvalue weighted by Gasteiger charge is -2.34. The smallest absolute Gasteiger partial charge is 0.408 e. The molecule has 2 atom stereocenters. The number of hydrogen-bond acceptors (Lipinski definition) is 6. The summed E-state index contributed by atoms with van der Waals surface area (Å²) in [6.07, 6.45) is 0.744. The third-order valence-electron chi connectivity index (χ3n) is 5.92. The van der Waals surface area contributed by atoms with Gasteiger partial charge in [-0.25, -0.2) is 4.79 Å². The number of amides is 4. The highest BCUT2D eigenvalue weighted by molar-refractivity contribution is 6.34. The molecule has 0 fully saturated rings. The first kappa shape index (κ1) is 32.4. The van der Waals surface area contributed by atoms with Crippen LogP contribution in [-0.4, -0.2) is 52.0 Å². The van der Waals surface area contributed by atoms with Crippen LogP contribution in [0.25, 0.3) is 0 Å². The van der Waals surface area contributed by atoms with E-state index < -0.39 is 47.9 Å². The number of rotatable bonds is 12. The third kappa shape index (κ3) is 9.75. The van der Waals surface area contributed by atoms with Crippen LogP contribution in [0, 0.1) is 6.92 Å². The molecule has 4 amide bonds. The molecule has 0 spiro atoms. The van der Waals surface area contributed by atoms with Gasteiger partial charge in [0.25, 0.3) is 5.91 Å². The highest BCUT2D eigenvalue weighted by atomic mass is 35.5. The van der Waals surface area contributed by atoms with Gasteiger partial charge >= 0.3 is 6.09 Å². The zero-order chi connectivity index (χ0) is 30.0. The summed E-state index contributed by atoms with van der Waals surface area (Å²) in [5.74, 6) is -2.10. The van der Waals surface area contributed by atoms with Gasteiger partial charge in [0, 0.05) is 6.54 Å². The van der Waals surface area contributed by atoms with Crippen molar-refractivity contribution in [1.82, 2.24) is 10.2 Å². The zero-order valence-electron chi connectivity index (χ0n) is 23.6. The maximum absolute atomic E-state index is 14.0. The Morgan fingerprint density at radius 1 is 1.07 bits per heavy atom. The van der Waals surface area contributed by atoms with Gasteiger partial charge in [0.05, 0.1) is 17.1 Å². The van der Waals surface area contributed by atoms with Gasteiger partial charge in [0.1, 0.15) is 23.4 Å². The van der Waals surface area contributed by atoms with E-state index in [4.69, 9.17) is 22.1 Å². The molecule has 0 saturated carbocycles. The molecule has 2 aromatic carbocycles. The van der Waals surface area contributed by atoms with Crippen molar-refractivity contribution in [2.24, 2.45) is 5.73 Å². The summed E-state index contributed by atoms with van der Waals surface area (Å²) < 4.78 is 5.29. The van der Waals surface area contributed by atoms with Crippen LogP contribution in [-0.2, 0) is 19.1 Å². The van der Waals surface area contributed by atoms with Crippen LogP contribution >= 0.6 is 11.6 Å². The Balaban J connectivity index is 2.58. The first-order chi connectivity index (χ1) is 18.7. The minimum absolute atomic E-state index is 0.0214. The predicted molar refractivity (Wildman–Crippen MR) is 154 cm³/mol. The molecule has 0 aliphatic carbocycles. The molecule has 0 radical (unpaired) electrons. The summed E-state index contributed by atoms with van der Waals surface area (Å²) in [6, 6.07) is 8.47. The number of ether oxygens (including phenoxy) is 1.